The zero-order valence-corrected chi connectivity index (χ0v) is 17.5. The molecule has 1 atom stereocenters. The van der Waals surface area contributed by atoms with Gasteiger partial charge in [-0.15, -0.1) is 11.3 Å². The van der Waals surface area contributed by atoms with Crippen LogP contribution in [0.2, 0.25) is 0 Å². The highest BCUT2D eigenvalue weighted by molar-refractivity contribution is 7.91. The summed E-state index contributed by atoms with van der Waals surface area (Å²) in [5.41, 5.74) is 2.20. The minimum atomic E-state index is -2.97. The van der Waals surface area contributed by atoms with Crippen LogP contribution in [-0.2, 0) is 16.4 Å². The van der Waals surface area contributed by atoms with E-state index >= 15 is 0 Å². The Morgan fingerprint density at radius 2 is 2.04 bits per heavy atom. The van der Waals surface area contributed by atoms with Crippen molar-refractivity contribution >= 4 is 44.2 Å². The fourth-order valence-electron chi connectivity index (χ4n) is 3.10. The van der Waals surface area contributed by atoms with Crippen LogP contribution in [0.4, 0.5) is 5.69 Å². The van der Waals surface area contributed by atoms with E-state index in [9.17, 15) is 8.42 Å². The number of rotatable bonds is 5. The number of anilines is 1. The van der Waals surface area contributed by atoms with Crippen LogP contribution in [0.25, 0.3) is 0 Å². The Labute approximate surface area is 165 Å². The molecule has 1 fully saturated rings. The fraction of sp³-hybridized carbons (Fsp3) is 0.421. The number of thiocarbonyl (C=S) groups is 1. The highest BCUT2D eigenvalue weighted by atomic mass is 32.2. The Balaban J connectivity index is 1.75. The summed E-state index contributed by atoms with van der Waals surface area (Å²) in [6, 6.07) is 12.2. The lowest BCUT2D eigenvalue weighted by Crippen LogP contribution is -2.42. The van der Waals surface area contributed by atoms with Crippen LogP contribution >= 0.6 is 23.6 Å². The normalized spacial score (nSPS) is 18.8. The van der Waals surface area contributed by atoms with Crippen molar-refractivity contribution in [2.75, 3.05) is 16.8 Å². The van der Waals surface area contributed by atoms with E-state index < -0.39 is 9.84 Å². The first-order valence-electron chi connectivity index (χ1n) is 8.74. The maximum atomic E-state index is 11.9. The molecule has 0 radical (unpaired) electrons. The van der Waals surface area contributed by atoms with Crippen molar-refractivity contribution in [3.63, 3.8) is 0 Å². The van der Waals surface area contributed by atoms with Crippen LogP contribution in [0.3, 0.4) is 0 Å². The molecule has 1 N–H and O–H groups in total. The molecular formula is C19H24N2O2S3. The number of nitrogens with zero attached hydrogens (tertiary/aromatic N) is 1. The van der Waals surface area contributed by atoms with Crippen molar-refractivity contribution in [3.05, 3.63) is 52.2 Å². The van der Waals surface area contributed by atoms with Crippen molar-refractivity contribution in [2.45, 2.75) is 38.8 Å². The number of thiophene rings is 1. The van der Waals surface area contributed by atoms with Crippen molar-refractivity contribution in [1.29, 1.82) is 0 Å². The number of hydrogen-bond donors (Lipinski definition) is 1. The van der Waals surface area contributed by atoms with Gasteiger partial charge in [0, 0.05) is 16.6 Å². The molecule has 1 aromatic heterocycles. The van der Waals surface area contributed by atoms with Crippen LogP contribution in [0, 0.1) is 0 Å². The zero-order chi connectivity index (χ0) is 18.7. The molecule has 0 amide bonds. The monoisotopic (exact) mass is 408 g/mol. The minimum absolute atomic E-state index is 0.0722. The molecule has 1 saturated heterocycles. The van der Waals surface area contributed by atoms with Gasteiger partial charge in [0.1, 0.15) is 0 Å². The largest absolute Gasteiger partial charge is 0.340 e. The summed E-state index contributed by atoms with van der Waals surface area (Å²) in [5.74, 6) is 0.895. The third-order valence-corrected chi connectivity index (χ3v) is 7.59. The van der Waals surface area contributed by atoms with E-state index in [0.29, 0.717) is 24.0 Å². The van der Waals surface area contributed by atoms with E-state index in [4.69, 9.17) is 12.2 Å². The number of hydrogen-bond acceptors (Lipinski definition) is 4. The third kappa shape index (κ3) is 4.84. The van der Waals surface area contributed by atoms with E-state index in [0.717, 1.165) is 5.69 Å². The highest BCUT2D eigenvalue weighted by Crippen LogP contribution is 2.24. The fourth-order valence-corrected chi connectivity index (χ4v) is 5.87. The summed E-state index contributed by atoms with van der Waals surface area (Å²) in [6.07, 6.45) is 0.627. The van der Waals surface area contributed by atoms with E-state index in [2.05, 4.69) is 37.4 Å². The van der Waals surface area contributed by atoms with Gasteiger partial charge in [-0.3, -0.25) is 0 Å². The molecule has 0 spiro atoms. The molecule has 4 nitrogen and oxygen atoms in total. The molecule has 2 aromatic rings. The predicted molar refractivity (Wildman–Crippen MR) is 114 cm³/mol. The molecule has 1 aromatic carbocycles. The van der Waals surface area contributed by atoms with Gasteiger partial charge in [0.25, 0.3) is 0 Å². The van der Waals surface area contributed by atoms with Gasteiger partial charge in [-0.25, -0.2) is 8.42 Å². The first-order chi connectivity index (χ1) is 12.3. The van der Waals surface area contributed by atoms with Crippen molar-refractivity contribution in [1.82, 2.24) is 4.90 Å². The quantitative estimate of drug-likeness (QED) is 0.749. The zero-order valence-electron chi connectivity index (χ0n) is 15.0. The average molecular weight is 409 g/mol. The van der Waals surface area contributed by atoms with Crippen LogP contribution in [-0.4, -0.2) is 36.0 Å². The minimum Gasteiger partial charge on any atom is -0.340 e. The van der Waals surface area contributed by atoms with E-state index in [1.54, 1.807) is 11.3 Å². The van der Waals surface area contributed by atoms with E-state index in [1.807, 2.05) is 28.5 Å². The first kappa shape index (κ1) is 19.3. The van der Waals surface area contributed by atoms with E-state index in [-0.39, 0.29) is 17.5 Å². The SMILES string of the molecule is CC(C)c1ccc(NC(=S)N(Cc2cccs2)[C@@H]2CCS(=O)(=O)C2)cc1. The summed E-state index contributed by atoms with van der Waals surface area (Å²) in [4.78, 5) is 3.20. The maximum Gasteiger partial charge on any atom is 0.174 e. The summed E-state index contributed by atoms with van der Waals surface area (Å²) >= 11 is 7.31. The highest BCUT2D eigenvalue weighted by Gasteiger charge is 2.33. The lowest BCUT2D eigenvalue weighted by molar-refractivity contribution is 0.335. The second-order valence-corrected chi connectivity index (χ2v) is 10.6. The molecule has 140 valence electrons. The van der Waals surface area contributed by atoms with Gasteiger partial charge in [-0.05, 0) is 53.7 Å². The molecule has 1 aliphatic heterocycles. The Hall–Kier alpha value is -1.44. The second kappa shape index (κ2) is 8.06. The summed E-state index contributed by atoms with van der Waals surface area (Å²) in [7, 11) is -2.97. The van der Waals surface area contributed by atoms with Crippen LogP contribution in [0.15, 0.2) is 41.8 Å². The van der Waals surface area contributed by atoms with Gasteiger partial charge in [0.2, 0.25) is 0 Å². The summed E-state index contributed by atoms with van der Waals surface area (Å²) < 4.78 is 23.9. The molecule has 0 unspecified atom stereocenters. The second-order valence-electron chi connectivity index (χ2n) is 6.97. The Bertz CT molecular complexity index is 843. The standard InChI is InChI=1S/C19H24N2O2S3/c1-14(2)15-5-7-16(8-6-15)20-19(24)21(12-18-4-3-10-25-18)17-9-11-26(22,23)13-17/h3-8,10,14,17H,9,11-13H2,1-2H3,(H,20,24)/t17-/m1/s1. The predicted octanol–water partition coefficient (Wildman–Crippen LogP) is 4.26. The maximum absolute atomic E-state index is 11.9. The first-order valence-corrected chi connectivity index (χ1v) is 11.9. The molecule has 0 bridgehead atoms. The smallest absolute Gasteiger partial charge is 0.174 e. The van der Waals surface area contributed by atoms with Crippen LogP contribution < -0.4 is 5.32 Å². The Morgan fingerprint density at radius 1 is 1.31 bits per heavy atom. The van der Waals surface area contributed by atoms with Crippen molar-refractivity contribution in [3.8, 4) is 0 Å². The Kier molecular flexibility index (Phi) is 5.99. The van der Waals surface area contributed by atoms with Gasteiger partial charge in [0.05, 0.1) is 18.1 Å². The van der Waals surface area contributed by atoms with E-state index in [1.165, 1.54) is 10.4 Å². The van der Waals surface area contributed by atoms with Crippen LogP contribution in [0.5, 0.6) is 0 Å². The Morgan fingerprint density at radius 3 is 2.58 bits per heavy atom. The van der Waals surface area contributed by atoms with Crippen molar-refractivity contribution < 1.29 is 8.42 Å². The topological polar surface area (TPSA) is 49.4 Å². The van der Waals surface area contributed by atoms with Gasteiger partial charge in [-0.1, -0.05) is 32.0 Å². The molecule has 26 heavy (non-hydrogen) atoms. The molecule has 0 aliphatic carbocycles. The molecule has 0 saturated carbocycles. The summed E-state index contributed by atoms with van der Waals surface area (Å²) in [5, 5.41) is 5.90. The summed E-state index contributed by atoms with van der Waals surface area (Å²) in [6.45, 7) is 4.96. The molecule has 3 rings (SSSR count). The van der Waals surface area contributed by atoms with Gasteiger partial charge < -0.3 is 10.2 Å². The molecular weight excluding hydrogens is 384 g/mol. The van der Waals surface area contributed by atoms with Gasteiger partial charge >= 0.3 is 0 Å². The number of nitrogens with one attached hydrogen (secondary N) is 1. The average Bonchev–Trinajstić information content (AvgIpc) is 3.22. The molecule has 2 heterocycles. The van der Waals surface area contributed by atoms with Gasteiger partial charge in [-0.2, -0.15) is 0 Å². The lowest BCUT2D eigenvalue weighted by Gasteiger charge is -2.30. The lowest BCUT2D eigenvalue weighted by atomic mass is 10.0. The number of benzene rings is 1. The number of sulfone groups is 1. The van der Waals surface area contributed by atoms with Gasteiger partial charge in [0.15, 0.2) is 14.9 Å². The third-order valence-electron chi connectivity index (χ3n) is 4.64. The van der Waals surface area contributed by atoms with Crippen molar-refractivity contribution in [2.24, 2.45) is 0 Å². The molecule has 7 heteroatoms. The van der Waals surface area contributed by atoms with Crippen LogP contribution in [0.1, 0.15) is 36.6 Å². The molecule has 1 aliphatic rings.